The first-order valence-corrected chi connectivity index (χ1v) is 9.96. The molecule has 10 heteroatoms. The molecule has 0 saturated carbocycles. The number of morpholine rings is 1. The molecule has 0 radical (unpaired) electrons. The van der Waals surface area contributed by atoms with E-state index in [2.05, 4.69) is 25.4 Å². The minimum Gasteiger partial charge on any atom is -0.508 e. The molecule has 162 valence electrons. The maximum absolute atomic E-state index is 13.1. The van der Waals surface area contributed by atoms with Gasteiger partial charge in [0.2, 0.25) is 0 Å². The van der Waals surface area contributed by atoms with Gasteiger partial charge in [-0.05, 0) is 36.8 Å². The van der Waals surface area contributed by atoms with Crippen molar-refractivity contribution < 1.29 is 23.0 Å². The van der Waals surface area contributed by atoms with Crippen LogP contribution in [0.15, 0.2) is 36.7 Å². The van der Waals surface area contributed by atoms with Crippen LogP contribution in [0.5, 0.6) is 5.75 Å². The summed E-state index contributed by atoms with van der Waals surface area (Å²) >= 11 is 0. The Balaban J connectivity index is 1.45. The Morgan fingerprint density at radius 2 is 1.90 bits per heavy atom. The number of phenolic OH excluding ortho intramolecular Hbond substituents is 1. The van der Waals surface area contributed by atoms with E-state index in [-0.39, 0.29) is 12.2 Å². The monoisotopic (exact) mass is 431 g/mol. The molecule has 0 spiro atoms. The van der Waals surface area contributed by atoms with Crippen molar-refractivity contribution in [3.63, 3.8) is 0 Å². The predicted octanol–water partition coefficient (Wildman–Crippen LogP) is 3.90. The minimum atomic E-state index is -4.55. The van der Waals surface area contributed by atoms with E-state index < -0.39 is 23.5 Å². The number of rotatable bonds is 4. The summed E-state index contributed by atoms with van der Waals surface area (Å²) in [5.41, 5.74) is 1.37. The number of nitrogens with one attached hydrogen (secondary N) is 1. The van der Waals surface area contributed by atoms with Gasteiger partial charge in [0, 0.05) is 30.9 Å². The van der Waals surface area contributed by atoms with Crippen LogP contribution in [-0.4, -0.2) is 45.6 Å². The largest absolute Gasteiger partial charge is 0.508 e. The lowest BCUT2D eigenvalue weighted by Crippen LogP contribution is -2.57. The van der Waals surface area contributed by atoms with E-state index in [1.807, 2.05) is 6.07 Å². The highest BCUT2D eigenvalue weighted by Gasteiger charge is 2.38. The molecule has 3 aliphatic heterocycles. The van der Waals surface area contributed by atoms with Crippen molar-refractivity contribution >= 4 is 22.4 Å². The van der Waals surface area contributed by atoms with E-state index in [9.17, 15) is 18.3 Å². The standard InChI is InChI=1S/C21H20F3N5O2/c1-11(12-2-13(21(22,23)24)4-15(30)3-12)27-19-8-26-28-20-18(19)5-14(7-25-20)29-9-16-6-17(10-29)31-16/h2-5,7-8,11,16-17,30H,6,9-10H2,1H3,(H,25,27,28)/t11-,16?,17?/m1/s1. The number of phenols is 1. The van der Waals surface area contributed by atoms with Crippen LogP contribution in [0, 0.1) is 0 Å². The zero-order valence-corrected chi connectivity index (χ0v) is 16.6. The van der Waals surface area contributed by atoms with Gasteiger partial charge >= 0.3 is 6.18 Å². The number of benzene rings is 1. The zero-order chi connectivity index (χ0) is 21.8. The van der Waals surface area contributed by atoms with Crippen LogP contribution in [0.4, 0.5) is 24.5 Å². The van der Waals surface area contributed by atoms with Crippen molar-refractivity contribution in [1.82, 2.24) is 15.2 Å². The molecule has 3 saturated heterocycles. The molecule has 3 atom stereocenters. The van der Waals surface area contributed by atoms with Gasteiger partial charge in [0.15, 0.2) is 5.65 Å². The van der Waals surface area contributed by atoms with E-state index in [4.69, 9.17) is 4.74 Å². The third-order valence-corrected chi connectivity index (χ3v) is 5.75. The van der Waals surface area contributed by atoms with Gasteiger partial charge in [0.25, 0.3) is 0 Å². The third-order valence-electron chi connectivity index (χ3n) is 5.75. The smallest absolute Gasteiger partial charge is 0.416 e. The molecular formula is C21H20F3N5O2. The lowest BCUT2D eigenvalue weighted by molar-refractivity contribution is -0.137. The highest BCUT2D eigenvalue weighted by atomic mass is 19.4. The molecule has 5 heterocycles. The van der Waals surface area contributed by atoms with Crippen LogP contribution < -0.4 is 10.2 Å². The van der Waals surface area contributed by atoms with Gasteiger partial charge in [-0.25, -0.2) is 4.98 Å². The van der Waals surface area contributed by atoms with Crippen molar-refractivity contribution in [2.75, 3.05) is 23.3 Å². The summed E-state index contributed by atoms with van der Waals surface area (Å²) in [4.78, 5) is 6.63. The number of aromatic hydroxyl groups is 1. The number of piperidine rings is 1. The topological polar surface area (TPSA) is 83.4 Å². The fourth-order valence-corrected chi connectivity index (χ4v) is 4.15. The second kappa shape index (κ2) is 7.23. The van der Waals surface area contributed by atoms with Crippen molar-refractivity contribution in [3.05, 3.63) is 47.8 Å². The molecule has 31 heavy (non-hydrogen) atoms. The zero-order valence-electron chi connectivity index (χ0n) is 16.6. The van der Waals surface area contributed by atoms with Gasteiger partial charge in [-0.3, -0.25) is 0 Å². The molecule has 2 bridgehead atoms. The molecule has 1 aromatic carbocycles. The van der Waals surface area contributed by atoms with Crippen LogP contribution in [0.3, 0.4) is 0 Å². The normalized spacial score (nSPS) is 21.6. The van der Waals surface area contributed by atoms with E-state index in [1.54, 1.807) is 13.1 Å². The summed E-state index contributed by atoms with van der Waals surface area (Å²) < 4.78 is 45.1. The number of nitrogens with zero attached hydrogens (tertiary/aromatic N) is 4. The molecule has 3 fully saturated rings. The number of halogens is 3. The number of anilines is 2. The molecule has 2 N–H and O–H groups in total. The first kappa shape index (κ1) is 19.8. The Morgan fingerprint density at radius 1 is 1.16 bits per heavy atom. The molecule has 6 rings (SSSR count). The predicted molar refractivity (Wildman–Crippen MR) is 108 cm³/mol. The van der Waals surface area contributed by atoms with Crippen LogP contribution in [0.1, 0.15) is 30.5 Å². The molecule has 2 aromatic heterocycles. The van der Waals surface area contributed by atoms with Crippen LogP contribution in [0.25, 0.3) is 11.0 Å². The number of pyridine rings is 1. The lowest BCUT2D eigenvalue weighted by atomic mass is 9.98. The SMILES string of the molecule is C[C@@H](Nc1cnnc2ncc(N3CC4CC(C3)O4)cc12)c1cc(O)cc(C(F)(F)F)c1. The number of fused-ring (bicyclic) bond motifs is 3. The number of ether oxygens (including phenoxy) is 1. The number of hydrogen-bond acceptors (Lipinski definition) is 7. The van der Waals surface area contributed by atoms with Gasteiger partial charge < -0.3 is 20.1 Å². The average Bonchev–Trinajstić information content (AvgIpc) is 2.72. The molecule has 0 aliphatic carbocycles. The van der Waals surface area contributed by atoms with E-state index in [0.717, 1.165) is 36.7 Å². The summed E-state index contributed by atoms with van der Waals surface area (Å²) in [7, 11) is 0. The van der Waals surface area contributed by atoms with Crippen LogP contribution in [0.2, 0.25) is 0 Å². The quantitative estimate of drug-likeness (QED) is 0.648. The highest BCUT2D eigenvalue weighted by molar-refractivity contribution is 5.90. The summed E-state index contributed by atoms with van der Waals surface area (Å²) in [6.07, 6.45) is 0.300. The van der Waals surface area contributed by atoms with Crippen molar-refractivity contribution in [2.24, 2.45) is 0 Å². The van der Waals surface area contributed by atoms with E-state index in [1.165, 1.54) is 12.3 Å². The summed E-state index contributed by atoms with van der Waals surface area (Å²) in [5, 5.41) is 21.7. The number of alkyl halides is 3. The maximum Gasteiger partial charge on any atom is 0.416 e. The summed E-state index contributed by atoms with van der Waals surface area (Å²) in [6, 6.07) is 4.48. The molecule has 3 aromatic rings. The van der Waals surface area contributed by atoms with Gasteiger partial charge in [-0.1, -0.05) is 0 Å². The lowest BCUT2D eigenvalue weighted by Gasteiger charge is -2.47. The second-order valence-corrected chi connectivity index (χ2v) is 8.02. The number of hydrogen-bond donors (Lipinski definition) is 2. The van der Waals surface area contributed by atoms with Crippen molar-refractivity contribution in [2.45, 2.75) is 37.8 Å². The minimum absolute atomic E-state index is 0.246. The van der Waals surface area contributed by atoms with Gasteiger partial charge in [-0.15, -0.1) is 5.10 Å². The van der Waals surface area contributed by atoms with Gasteiger partial charge in [-0.2, -0.15) is 18.3 Å². The first-order valence-electron chi connectivity index (χ1n) is 9.96. The Bertz CT molecular complexity index is 1120. The highest BCUT2D eigenvalue weighted by Crippen LogP contribution is 2.36. The fraction of sp³-hybridized carbons (Fsp3) is 0.381. The Labute approximate surface area is 175 Å². The fourth-order valence-electron chi connectivity index (χ4n) is 4.15. The molecule has 2 unspecified atom stereocenters. The van der Waals surface area contributed by atoms with E-state index >= 15 is 0 Å². The summed E-state index contributed by atoms with van der Waals surface area (Å²) in [5.74, 6) is -0.439. The maximum atomic E-state index is 13.1. The van der Waals surface area contributed by atoms with Crippen LogP contribution >= 0.6 is 0 Å². The Morgan fingerprint density at radius 3 is 2.61 bits per heavy atom. The molecule has 0 amide bonds. The van der Waals surface area contributed by atoms with Gasteiger partial charge in [0.05, 0.1) is 41.5 Å². The second-order valence-electron chi connectivity index (χ2n) is 8.02. The van der Waals surface area contributed by atoms with Gasteiger partial charge in [0.1, 0.15) is 5.75 Å². The molecule has 7 nitrogen and oxygen atoms in total. The number of aromatic nitrogens is 3. The van der Waals surface area contributed by atoms with Crippen LogP contribution in [-0.2, 0) is 10.9 Å². The van der Waals surface area contributed by atoms with Crippen molar-refractivity contribution in [1.29, 1.82) is 0 Å². The Kier molecular flexibility index (Phi) is 4.62. The molecule has 3 aliphatic rings. The third kappa shape index (κ3) is 3.83. The van der Waals surface area contributed by atoms with Crippen molar-refractivity contribution in [3.8, 4) is 5.75 Å². The average molecular weight is 431 g/mol. The summed E-state index contributed by atoms with van der Waals surface area (Å²) in [6.45, 7) is 3.31. The first-order chi connectivity index (χ1) is 14.8. The van der Waals surface area contributed by atoms with E-state index in [0.29, 0.717) is 23.0 Å². The molecular weight excluding hydrogens is 411 g/mol. The Hall–Kier alpha value is -3.14.